The van der Waals surface area contributed by atoms with Gasteiger partial charge in [-0.05, 0) is 78.2 Å². The lowest BCUT2D eigenvalue weighted by molar-refractivity contribution is 0.669. The molecule has 4 heterocycles. The monoisotopic (exact) mass is 752 g/mol. The van der Waals surface area contributed by atoms with E-state index in [0.29, 0.717) is 0 Å². The smallest absolute Gasteiger partial charge is 0.135 e. The zero-order chi connectivity index (χ0) is 38.6. The summed E-state index contributed by atoms with van der Waals surface area (Å²) >= 11 is 0. The molecular weight excluding hydrogens is 721 g/mol. The average Bonchev–Trinajstić information content (AvgIpc) is 3.95. The molecule has 0 unspecified atom stereocenters. The van der Waals surface area contributed by atoms with E-state index in [0.717, 1.165) is 72.2 Å². The van der Waals surface area contributed by atoms with Crippen molar-refractivity contribution >= 4 is 87.4 Å². The van der Waals surface area contributed by atoms with Gasteiger partial charge in [0.2, 0.25) is 0 Å². The molecule has 0 saturated carbocycles. The molecule has 4 aromatic heterocycles. The number of benzene rings is 9. The lowest BCUT2D eigenvalue weighted by Gasteiger charge is -2.15. The summed E-state index contributed by atoms with van der Waals surface area (Å²) in [5.74, 6) is 0. The van der Waals surface area contributed by atoms with Gasteiger partial charge in [-0.15, -0.1) is 0 Å². The second-order valence-electron chi connectivity index (χ2n) is 15.3. The van der Waals surface area contributed by atoms with Crippen LogP contribution in [0.15, 0.2) is 199 Å². The van der Waals surface area contributed by atoms with E-state index in [9.17, 15) is 0 Å². The van der Waals surface area contributed by atoms with Crippen molar-refractivity contribution in [2.24, 2.45) is 0 Å². The number of fused-ring (bicyclic) bond motifs is 11. The number of furan rings is 1. The van der Waals surface area contributed by atoms with Crippen LogP contribution in [0.2, 0.25) is 0 Å². The van der Waals surface area contributed by atoms with Crippen LogP contribution in [0.3, 0.4) is 0 Å². The maximum Gasteiger partial charge on any atom is 0.135 e. The predicted molar refractivity (Wildman–Crippen MR) is 244 cm³/mol. The van der Waals surface area contributed by atoms with E-state index < -0.39 is 0 Å². The largest absolute Gasteiger partial charge is 0.456 e. The highest BCUT2D eigenvalue weighted by Crippen LogP contribution is 2.44. The fourth-order valence-corrected chi connectivity index (χ4v) is 9.48. The van der Waals surface area contributed by atoms with Crippen molar-refractivity contribution in [3.8, 4) is 33.9 Å². The summed E-state index contributed by atoms with van der Waals surface area (Å²) in [6.45, 7) is 0. The standard InChI is InChI=1S/C54H32N4O/c1-2-14-37-34(13-1)32-48-51(54(37)58-45-21-9-3-15-38(45)39-16-4-10-22-46(39)58)41-18-5-11-23-47(41)57(48)36-28-25-33(26-29-36)52-53(56-44-20-8-7-19-43(44)55-52)35-27-30-50-42(31-35)40-17-6-12-24-49(40)59-50/h1-32H. The Morgan fingerprint density at radius 2 is 0.881 bits per heavy atom. The lowest BCUT2D eigenvalue weighted by atomic mass is 10.0. The Labute approximate surface area is 337 Å². The summed E-state index contributed by atoms with van der Waals surface area (Å²) in [6, 6.07) is 69.0. The van der Waals surface area contributed by atoms with Crippen molar-refractivity contribution in [2.75, 3.05) is 0 Å². The van der Waals surface area contributed by atoms with Gasteiger partial charge >= 0.3 is 0 Å². The molecule has 5 heteroatoms. The quantitative estimate of drug-likeness (QED) is 0.180. The summed E-state index contributed by atoms with van der Waals surface area (Å²) in [5, 5.41) is 9.48. The number of hydrogen-bond acceptors (Lipinski definition) is 3. The van der Waals surface area contributed by atoms with Crippen molar-refractivity contribution < 1.29 is 4.42 Å². The van der Waals surface area contributed by atoms with Crippen LogP contribution >= 0.6 is 0 Å². The Morgan fingerprint density at radius 1 is 0.356 bits per heavy atom. The molecule has 0 spiro atoms. The molecule has 274 valence electrons. The highest BCUT2D eigenvalue weighted by molar-refractivity contribution is 6.22. The predicted octanol–water partition coefficient (Wildman–Crippen LogP) is 14.2. The van der Waals surface area contributed by atoms with Crippen molar-refractivity contribution in [1.29, 1.82) is 0 Å². The second-order valence-corrected chi connectivity index (χ2v) is 15.3. The maximum absolute atomic E-state index is 6.19. The van der Waals surface area contributed by atoms with Crippen LogP contribution < -0.4 is 0 Å². The fraction of sp³-hybridized carbons (Fsp3) is 0. The molecule has 13 rings (SSSR count). The van der Waals surface area contributed by atoms with Crippen molar-refractivity contribution in [2.45, 2.75) is 0 Å². The molecule has 13 aromatic rings. The first-order valence-electron chi connectivity index (χ1n) is 20.0. The molecule has 0 N–H and O–H groups in total. The Hall–Kier alpha value is -8.02. The van der Waals surface area contributed by atoms with Crippen molar-refractivity contribution in [3.05, 3.63) is 194 Å². The highest BCUT2D eigenvalue weighted by Gasteiger charge is 2.23. The topological polar surface area (TPSA) is 48.8 Å². The van der Waals surface area contributed by atoms with Gasteiger partial charge in [0.1, 0.15) is 11.2 Å². The van der Waals surface area contributed by atoms with Gasteiger partial charge in [-0.3, -0.25) is 0 Å². The lowest BCUT2D eigenvalue weighted by Crippen LogP contribution is -1.99. The summed E-state index contributed by atoms with van der Waals surface area (Å²) in [7, 11) is 0. The third-order valence-corrected chi connectivity index (χ3v) is 12.1. The third kappa shape index (κ3) is 4.67. The van der Waals surface area contributed by atoms with E-state index in [-0.39, 0.29) is 0 Å². The zero-order valence-electron chi connectivity index (χ0n) is 31.7. The first-order valence-corrected chi connectivity index (χ1v) is 20.0. The Kier molecular flexibility index (Phi) is 6.66. The summed E-state index contributed by atoms with van der Waals surface area (Å²) in [5.41, 5.74) is 14.1. The van der Waals surface area contributed by atoms with E-state index in [1.807, 2.05) is 42.5 Å². The number of rotatable bonds is 4. The Bertz CT molecular complexity index is 3800. The SMILES string of the molecule is c1ccc2c(-n3c4ccccc4c4ccccc43)c3c4ccccc4n(-c4ccc(-c5nc6ccccc6nc5-c5ccc6oc7ccccc7c6c5)cc4)c3cc2c1. The van der Waals surface area contributed by atoms with Crippen LogP contribution in [-0.4, -0.2) is 19.1 Å². The second kappa shape index (κ2) is 12.2. The van der Waals surface area contributed by atoms with E-state index in [1.165, 1.54) is 49.0 Å². The van der Waals surface area contributed by atoms with E-state index in [2.05, 4.69) is 161 Å². The number of nitrogens with zero attached hydrogens (tertiary/aromatic N) is 4. The van der Waals surface area contributed by atoms with Crippen LogP contribution in [0.5, 0.6) is 0 Å². The normalized spacial score (nSPS) is 12.1. The van der Waals surface area contributed by atoms with Crippen LogP contribution in [-0.2, 0) is 0 Å². The summed E-state index contributed by atoms with van der Waals surface area (Å²) < 4.78 is 11.1. The molecule has 0 fully saturated rings. The number of hydrogen-bond donors (Lipinski definition) is 0. The minimum Gasteiger partial charge on any atom is -0.456 e. The molecule has 0 saturated heterocycles. The molecule has 0 aliphatic carbocycles. The van der Waals surface area contributed by atoms with Gasteiger partial charge in [0, 0.05) is 54.5 Å². The molecule has 5 nitrogen and oxygen atoms in total. The Balaban J connectivity index is 1.04. The van der Waals surface area contributed by atoms with Gasteiger partial charge in [0.25, 0.3) is 0 Å². The molecule has 59 heavy (non-hydrogen) atoms. The van der Waals surface area contributed by atoms with Crippen molar-refractivity contribution in [3.63, 3.8) is 0 Å². The number of aromatic nitrogens is 4. The van der Waals surface area contributed by atoms with Crippen LogP contribution in [0.4, 0.5) is 0 Å². The molecular formula is C54H32N4O. The van der Waals surface area contributed by atoms with Gasteiger partial charge in [0.05, 0.1) is 50.2 Å². The molecule has 0 atom stereocenters. The van der Waals surface area contributed by atoms with Gasteiger partial charge in [0.15, 0.2) is 0 Å². The zero-order valence-corrected chi connectivity index (χ0v) is 31.7. The number of para-hydroxylation sites is 6. The van der Waals surface area contributed by atoms with Crippen LogP contribution in [0, 0.1) is 0 Å². The molecule has 0 aliphatic rings. The summed E-state index contributed by atoms with van der Waals surface area (Å²) in [6.07, 6.45) is 0. The van der Waals surface area contributed by atoms with E-state index >= 15 is 0 Å². The van der Waals surface area contributed by atoms with E-state index in [4.69, 9.17) is 14.4 Å². The van der Waals surface area contributed by atoms with Gasteiger partial charge in [-0.1, -0.05) is 121 Å². The van der Waals surface area contributed by atoms with Gasteiger partial charge in [-0.2, -0.15) is 0 Å². The van der Waals surface area contributed by atoms with E-state index in [1.54, 1.807) is 0 Å². The first-order chi connectivity index (χ1) is 29.3. The highest BCUT2D eigenvalue weighted by atomic mass is 16.3. The first kappa shape index (κ1) is 32.1. The minimum atomic E-state index is 0.836. The third-order valence-electron chi connectivity index (χ3n) is 12.1. The van der Waals surface area contributed by atoms with Crippen LogP contribution in [0.1, 0.15) is 0 Å². The van der Waals surface area contributed by atoms with Gasteiger partial charge < -0.3 is 13.6 Å². The molecule has 0 aliphatic heterocycles. The Morgan fingerprint density at radius 3 is 1.59 bits per heavy atom. The molecule has 0 bridgehead atoms. The molecule has 0 radical (unpaired) electrons. The average molecular weight is 753 g/mol. The molecule has 9 aromatic carbocycles. The minimum absolute atomic E-state index is 0.836. The summed E-state index contributed by atoms with van der Waals surface area (Å²) in [4.78, 5) is 10.5. The molecule has 0 amide bonds. The van der Waals surface area contributed by atoms with Crippen molar-refractivity contribution in [1.82, 2.24) is 19.1 Å². The van der Waals surface area contributed by atoms with Gasteiger partial charge in [-0.25, -0.2) is 9.97 Å². The maximum atomic E-state index is 6.19. The van der Waals surface area contributed by atoms with Crippen LogP contribution in [0.25, 0.3) is 121 Å². The fourth-order valence-electron chi connectivity index (χ4n) is 9.48.